The van der Waals surface area contributed by atoms with Gasteiger partial charge in [-0.2, -0.15) is 5.26 Å². The highest BCUT2D eigenvalue weighted by molar-refractivity contribution is 7.00. The van der Waals surface area contributed by atoms with Gasteiger partial charge in [0.2, 0.25) is 0 Å². The summed E-state index contributed by atoms with van der Waals surface area (Å²) in [5, 5.41) is 16.6. The van der Waals surface area contributed by atoms with Crippen LogP contribution in [0, 0.1) is 11.3 Å². The van der Waals surface area contributed by atoms with Crippen LogP contribution in [0.2, 0.25) is 0 Å². The molecule has 2 aliphatic heterocycles. The van der Waals surface area contributed by atoms with E-state index in [1.807, 2.05) is 24.3 Å². The zero-order chi connectivity index (χ0) is 88.3. The molecule has 18 aromatic rings. The number of benzene rings is 15. The molecule has 7 heteroatoms. The highest BCUT2D eigenvalue weighted by atomic mass is 15.2. The van der Waals surface area contributed by atoms with Crippen molar-refractivity contribution >= 4 is 123 Å². The number of rotatable bonds is 9. The van der Waals surface area contributed by atoms with Crippen LogP contribution < -0.4 is 26.2 Å². The molecule has 0 bridgehead atoms. The number of nitriles is 1. The molecule has 0 aliphatic carbocycles. The van der Waals surface area contributed by atoms with E-state index in [0.29, 0.717) is 22.6 Å². The standard InChI is InChI=1S/C111H97BN6/c1-107(2,3)74-48-54-98-89(60-74)90-61-75(108(4,5)6)49-55-99(90)116(98)81-66-103-105-104(67-81)118(106-88(70-34-20-17-21-35-70)62-78(111(13,14)15)63-91(106)83-37-23-22-36-82(83)69-32-18-16-19-33-69)101-58-71(73-56-76(109(7,8)9)59-77(57-73)110(10,11)12)47-52-92(101)112(105)93-53-51-80(115-96-44-30-26-40-86(96)87-41-27-31-45-97(87)115)65-102(93)117(103)100-64-79(50-46-72(100)68-113)114-94-42-28-24-38-84(94)85-39-25-29-43-95(85)114/h16-67H,1-15H3/i26D,27D,30D,31D,40D,41D,44D,45D. The minimum absolute atomic E-state index is 0.00960. The molecular weight excluding hydrogens is 1430 g/mol. The van der Waals surface area contributed by atoms with Crippen molar-refractivity contribution in [3.05, 3.63) is 349 Å². The van der Waals surface area contributed by atoms with E-state index in [1.54, 1.807) is 4.57 Å². The van der Waals surface area contributed by atoms with Crippen molar-refractivity contribution in [1.29, 1.82) is 5.26 Å². The second kappa shape index (κ2) is 27.0. The first-order valence-corrected chi connectivity index (χ1v) is 41.2. The fraction of sp³-hybridized carbons (Fsp3) is 0.180. The Morgan fingerprint density at radius 1 is 0.280 bits per heavy atom. The second-order valence-corrected chi connectivity index (χ2v) is 37.5. The Hall–Kier alpha value is -13.1. The Morgan fingerprint density at radius 3 is 1.25 bits per heavy atom. The van der Waals surface area contributed by atoms with Gasteiger partial charge in [0.1, 0.15) is 6.07 Å². The van der Waals surface area contributed by atoms with Crippen molar-refractivity contribution < 1.29 is 11.0 Å². The van der Waals surface area contributed by atoms with Gasteiger partial charge in [0.15, 0.2) is 0 Å². The van der Waals surface area contributed by atoms with Crippen LogP contribution in [-0.2, 0) is 27.1 Å². The van der Waals surface area contributed by atoms with E-state index in [-0.39, 0.29) is 48.9 Å². The minimum Gasteiger partial charge on any atom is -0.310 e. The molecule has 5 heterocycles. The Balaban J connectivity index is 1.02. The molecule has 2 aliphatic rings. The molecule has 0 saturated carbocycles. The first-order chi connectivity index (χ1) is 60.0. The average Bonchev–Trinajstić information content (AvgIpc) is 0.974. The van der Waals surface area contributed by atoms with Crippen molar-refractivity contribution in [3.63, 3.8) is 0 Å². The smallest absolute Gasteiger partial charge is 0.252 e. The lowest BCUT2D eigenvalue weighted by Crippen LogP contribution is -2.61. The van der Waals surface area contributed by atoms with E-state index in [4.69, 9.17) is 0 Å². The van der Waals surface area contributed by atoms with Crippen LogP contribution in [0.4, 0.5) is 34.1 Å². The molecule has 0 fully saturated rings. The van der Waals surface area contributed by atoms with E-state index in [9.17, 15) is 16.2 Å². The van der Waals surface area contributed by atoms with E-state index in [2.05, 4.69) is 372 Å². The van der Waals surface area contributed by atoms with E-state index in [0.717, 1.165) is 144 Å². The van der Waals surface area contributed by atoms with Crippen molar-refractivity contribution in [2.24, 2.45) is 0 Å². The predicted octanol–water partition coefficient (Wildman–Crippen LogP) is 28.1. The number of fused-ring (bicyclic) bond motifs is 13. The maximum absolute atomic E-state index is 12.4. The molecule has 0 spiro atoms. The van der Waals surface area contributed by atoms with Gasteiger partial charge in [0.05, 0.1) is 66.7 Å². The molecule has 0 amide bonds. The summed E-state index contributed by atoms with van der Waals surface area (Å²) in [7, 11) is 0. The van der Waals surface area contributed by atoms with Crippen LogP contribution in [0.25, 0.3) is 127 Å². The third-order valence-electron chi connectivity index (χ3n) is 24.9. The second-order valence-electron chi connectivity index (χ2n) is 37.5. The van der Waals surface area contributed by atoms with Crippen LogP contribution in [0.15, 0.2) is 315 Å². The minimum atomic E-state index is -0.634. The van der Waals surface area contributed by atoms with Gasteiger partial charge in [-0.25, -0.2) is 0 Å². The van der Waals surface area contributed by atoms with Crippen LogP contribution in [-0.4, -0.2) is 20.4 Å². The first-order valence-electron chi connectivity index (χ1n) is 45.2. The maximum atomic E-state index is 12.4. The van der Waals surface area contributed by atoms with Crippen LogP contribution in [0.5, 0.6) is 0 Å². The fourth-order valence-corrected chi connectivity index (χ4v) is 18.6. The number of hydrogen-bond donors (Lipinski definition) is 0. The maximum Gasteiger partial charge on any atom is 0.252 e. The van der Waals surface area contributed by atoms with E-state index >= 15 is 0 Å². The summed E-state index contributed by atoms with van der Waals surface area (Å²) in [5.41, 5.74) is 26.5. The van der Waals surface area contributed by atoms with Gasteiger partial charge in [-0.05, 0) is 214 Å². The lowest BCUT2D eigenvalue weighted by molar-refractivity contribution is 0.569. The molecule has 0 atom stereocenters. The Bertz CT molecular complexity index is 7510. The lowest BCUT2D eigenvalue weighted by atomic mass is 9.33. The van der Waals surface area contributed by atoms with E-state index in [1.165, 1.54) is 22.3 Å². The van der Waals surface area contributed by atoms with Gasteiger partial charge in [-0.1, -0.05) is 310 Å². The lowest BCUT2D eigenvalue weighted by Gasteiger charge is -2.46. The van der Waals surface area contributed by atoms with Gasteiger partial charge in [0.25, 0.3) is 6.71 Å². The molecule has 0 unspecified atom stereocenters. The van der Waals surface area contributed by atoms with Gasteiger partial charge >= 0.3 is 0 Å². The molecular formula is C111H97BN6. The van der Waals surface area contributed by atoms with Crippen LogP contribution >= 0.6 is 0 Å². The summed E-state index contributed by atoms with van der Waals surface area (Å²) < 4.78 is 82.9. The van der Waals surface area contributed by atoms with Crippen LogP contribution in [0.1, 0.15) is 148 Å². The number of aromatic nitrogens is 3. The topological polar surface area (TPSA) is 45.1 Å². The molecule has 574 valence electrons. The van der Waals surface area contributed by atoms with E-state index < -0.39 is 55.1 Å². The summed E-state index contributed by atoms with van der Waals surface area (Å²) in [6, 6.07) is 96.2. The first kappa shape index (κ1) is 65.1. The Kier molecular flexibility index (Phi) is 14.9. The zero-order valence-corrected chi connectivity index (χ0v) is 69.7. The van der Waals surface area contributed by atoms with Gasteiger partial charge < -0.3 is 23.5 Å². The molecule has 0 N–H and O–H groups in total. The summed E-state index contributed by atoms with van der Waals surface area (Å²) in [4.78, 5) is 4.85. The highest BCUT2D eigenvalue weighted by Crippen LogP contribution is 2.55. The Labute approximate surface area is 705 Å². The summed E-state index contributed by atoms with van der Waals surface area (Å²) in [6.07, 6.45) is 0. The third-order valence-corrected chi connectivity index (χ3v) is 24.9. The van der Waals surface area contributed by atoms with Gasteiger partial charge in [0, 0.05) is 77.6 Å². The monoisotopic (exact) mass is 1530 g/mol. The normalized spacial score (nSPS) is 14.1. The number of nitrogens with zero attached hydrogens (tertiary/aromatic N) is 6. The van der Waals surface area contributed by atoms with Crippen LogP contribution in [0.3, 0.4) is 0 Å². The molecule has 118 heavy (non-hydrogen) atoms. The summed E-state index contributed by atoms with van der Waals surface area (Å²) in [5.74, 6) is 0. The molecule has 15 aromatic carbocycles. The average molecular weight is 1530 g/mol. The molecule has 0 radical (unpaired) electrons. The van der Waals surface area contributed by atoms with Crippen molar-refractivity contribution in [2.45, 2.75) is 131 Å². The van der Waals surface area contributed by atoms with Gasteiger partial charge in [-0.3, -0.25) is 0 Å². The Morgan fingerprint density at radius 2 is 0.703 bits per heavy atom. The number of hydrogen-bond acceptors (Lipinski definition) is 3. The fourth-order valence-electron chi connectivity index (χ4n) is 18.6. The number of para-hydroxylation sites is 4. The largest absolute Gasteiger partial charge is 0.310 e. The van der Waals surface area contributed by atoms with Crippen molar-refractivity contribution in [2.75, 3.05) is 9.80 Å². The van der Waals surface area contributed by atoms with Crippen molar-refractivity contribution in [1.82, 2.24) is 13.7 Å². The quantitative estimate of drug-likeness (QED) is 0.135. The predicted molar refractivity (Wildman–Crippen MR) is 503 cm³/mol. The highest BCUT2D eigenvalue weighted by Gasteiger charge is 2.46. The number of anilines is 6. The summed E-state index contributed by atoms with van der Waals surface area (Å²) in [6.45, 7) is 33.6. The van der Waals surface area contributed by atoms with Crippen molar-refractivity contribution in [3.8, 4) is 67.6 Å². The molecule has 20 rings (SSSR count). The molecule has 3 aromatic heterocycles. The zero-order valence-electron chi connectivity index (χ0n) is 77.7. The molecule has 6 nitrogen and oxygen atoms in total. The SMILES string of the molecule is [2H]c1c([2H])c([2H])c2c(c1[2H])c1c([2H])c([2H])c([2H])c([2H])c1n2-c1ccc2c(c1)N(c1cc(-n3c4ccccc4c4ccccc43)ccc1C#N)c1cc(-n3c4ccc(C(C)(C)C)cc4c4cc(C(C)(C)C)ccc43)cc3c1B2c1ccc(-c2cc(C(C)(C)C)cc(C(C)(C)C)c2)cc1N3c1c(-c2ccccc2)cc(C(C)(C)C)cc1-c1ccccc1-c1ccccc1. The molecule has 0 saturated heterocycles. The van der Waals surface area contributed by atoms with Gasteiger partial charge in [-0.15, -0.1) is 0 Å². The third kappa shape index (κ3) is 11.9. The summed E-state index contributed by atoms with van der Waals surface area (Å²) >= 11 is 0.